The van der Waals surface area contributed by atoms with Crippen LogP contribution in [0, 0.1) is 13.8 Å². The molecule has 0 radical (unpaired) electrons. The zero-order valence-corrected chi connectivity index (χ0v) is 11.9. The molecule has 5 heteroatoms. The Labute approximate surface area is 113 Å². The molecule has 0 amide bonds. The molecular formula is C12H12BrClN2O. The second-order valence-corrected chi connectivity index (χ2v) is 5.07. The highest BCUT2D eigenvalue weighted by molar-refractivity contribution is 9.10. The highest BCUT2D eigenvalue weighted by Gasteiger charge is 2.09. The summed E-state index contributed by atoms with van der Waals surface area (Å²) in [7, 11) is 0. The first kappa shape index (κ1) is 12.5. The Kier molecular flexibility index (Phi) is 3.74. The van der Waals surface area contributed by atoms with Gasteiger partial charge in [-0.3, -0.25) is 0 Å². The normalized spacial score (nSPS) is 10.6. The summed E-state index contributed by atoms with van der Waals surface area (Å²) in [6.45, 7) is 4.53. The van der Waals surface area contributed by atoms with Gasteiger partial charge in [-0.1, -0.05) is 16.8 Å². The number of nitrogens with one attached hydrogen (secondary N) is 1. The summed E-state index contributed by atoms with van der Waals surface area (Å²) in [5.74, 6) is 0.847. The van der Waals surface area contributed by atoms with Crippen LogP contribution in [0.2, 0.25) is 5.02 Å². The minimum atomic E-state index is 0.682. The van der Waals surface area contributed by atoms with Crippen molar-refractivity contribution in [3.05, 3.63) is 44.7 Å². The van der Waals surface area contributed by atoms with Gasteiger partial charge < -0.3 is 9.84 Å². The first-order valence-corrected chi connectivity index (χ1v) is 6.35. The average Bonchev–Trinajstić information content (AvgIpc) is 2.58. The lowest BCUT2D eigenvalue weighted by atomic mass is 10.2. The van der Waals surface area contributed by atoms with Crippen molar-refractivity contribution in [3.63, 3.8) is 0 Å². The largest absolute Gasteiger partial charge is 0.380 e. The van der Waals surface area contributed by atoms with Gasteiger partial charge >= 0.3 is 0 Å². The van der Waals surface area contributed by atoms with E-state index in [2.05, 4.69) is 26.4 Å². The number of aromatic nitrogens is 1. The van der Waals surface area contributed by atoms with E-state index in [1.54, 1.807) is 0 Å². The monoisotopic (exact) mass is 314 g/mol. The van der Waals surface area contributed by atoms with Crippen LogP contribution in [0.25, 0.3) is 0 Å². The van der Waals surface area contributed by atoms with Crippen LogP contribution < -0.4 is 5.32 Å². The second kappa shape index (κ2) is 5.10. The van der Waals surface area contributed by atoms with E-state index in [4.69, 9.17) is 16.1 Å². The number of nitrogens with zero attached hydrogens (tertiary/aromatic N) is 1. The minimum Gasteiger partial charge on any atom is -0.380 e. The van der Waals surface area contributed by atoms with Crippen molar-refractivity contribution >= 4 is 33.2 Å². The van der Waals surface area contributed by atoms with Crippen molar-refractivity contribution < 1.29 is 4.52 Å². The van der Waals surface area contributed by atoms with Gasteiger partial charge in [-0.05, 0) is 48.0 Å². The smallest absolute Gasteiger partial charge is 0.138 e. The van der Waals surface area contributed by atoms with Crippen LogP contribution in [0.5, 0.6) is 0 Å². The lowest BCUT2D eigenvalue weighted by molar-refractivity contribution is 0.392. The Morgan fingerprint density at radius 3 is 2.76 bits per heavy atom. The van der Waals surface area contributed by atoms with E-state index in [0.717, 1.165) is 27.2 Å². The molecule has 1 heterocycles. The fraction of sp³-hybridized carbons (Fsp3) is 0.250. The third-order valence-corrected chi connectivity index (χ3v) is 3.46. The maximum atomic E-state index is 5.88. The van der Waals surface area contributed by atoms with Gasteiger partial charge in [0.2, 0.25) is 0 Å². The third-order valence-electron chi connectivity index (χ3n) is 2.57. The van der Waals surface area contributed by atoms with Crippen LogP contribution in [0.1, 0.15) is 17.0 Å². The van der Waals surface area contributed by atoms with Gasteiger partial charge in [-0.15, -0.1) is 0 Å². The molecule has 2 aromatic rings. The Morgan fingerprint density at radius 1 is 1.41 bits per heavy atom. The molecule has 3 nitrogen and oxygen atoms in total. The number of halogens is 2. The van der Waals surface area contributed by atoms with E-state index in [9.17, 15) is 0 Å². The molecule has 0 fully saturated rings. The second-order valence-electron chi connectivity index (χ2n) is 3.78. The van der Waals surface area contributed by atoms with Crippen LogP contribution >= 0.6 is 27.5 Å². The predicted molar refractivity (Wildman–Crippen MR) is 72.5 cm³/mol. The van der Waals surface area contributed by atoms with Crippen LogP contribution in [0.3, 0.4) is 0 Å². The summed E-state index contributed by atoms with van der Waals surface area (Å²) >= 11 is 9.35. The molecule has 1 N–H and O–H groups in total. The van der Waals surface area contributed by atoms with E-state index in [1.807, 2.05) is 32.0 Å². The van der Waals surface area contributed by atoms with E-state index in [1.165, 1.54) is 0 Å². The standard InChI is InChI=1S/C12H12BrClN2O/c1-7-10(8(2)17-16-7)6-15-12-4-3-9(14)5-11(12)13/h3-5,15H,6H2,1-2H3. The molecule has 0 aliphatic heterocycles. The fourth-order valence-corrected chi connectivity index (χ4v) is 2.39. The number of aryl methyl sites for hydroxylation is 2. The summed E-state index contributed by atoms with van der Waals surface area (Å²) < 4.78 is 6.05. The molecule has 0 bridgehead atoms. The van der Waals surface area contributed by atoms with Gasteiger partial charge in [-0.2, -0.15) is 0 Å². The summed E-state index contributed by atoms with van der Waals surface area (Å²) in [5.41, 5.74) is 3.00. The van der Waals surface area contributed by atoms with Crippen molar-refractivity contribution in [1.29, 1.82) is 0 Å². The SMILES string of the molecule is Cc1noc(C)c1CNc1ccc(Cl)cc1Br. The van der Waals surface area contributed by atoms with E-state index in [0.29, 0.717) is 11.6 Å². The molecule has 2 rings (SSSR count). The van der Waals surface area contributed by atoms with Crippen molar-refractivity contribution in [3.8, 4) is 0 Å². The molecule has 0 aliphatic carbocycles. The van der Waals surface area contributed by atoms with Crippen molar-refractivity contribution in [1.82, 2.24) is 5.16 Å². The summed E-state index contributed by atoms with van der Waals surface area (Å²) in [6, 6.07) is 5.64. The van der Waals surface area contributed by atoms with Crippen molar-refractivity contribution in [2.24, 2.45) is 0 Å². The molecule has 1 aromatic carbocycles. The highest BCUT2D eigenvalue weighted by Crippen LogP contribution is 2.26. The first-order chi connectivity index (χ1) is 8.08. The molecule has 90 valence electrons. The lowest BCUT2D eigenvalue weighted by Crippen LogP contribution is -2.01. The Balaban J connectivity index is 2.13. The van der Waals surface area contributed by atoms with Gasteiger partial charge in [-0.25, -0.2) is 0 Å². The van der Waals surface area contributed by atoms with Crippen LogP contribution in [-0.2, 0) is 6.54 Å². The predicted octanol–water partition coefficient (Wildman–Crippen LogP) is 4.32. The van der Waals surface area contributed by atoms with Crippen LogP contribution in [-0.4, -0.2) is 5.16 Å². The van der Waals surface area contributed by atoms with Gasteiger partial charge in [0.25, 0.3) is 0 Å². The Hall–Kier alpha value is -1.000. The summed E-state index contributed by atoms with van der Waals surface area (Å²) in [5, 5.41) is 7.94. The Morgan fingerprint density at radius 2 is 2.18 bits per heavy atom. The number of anilines is 1. The summed E-state index contributed by atoms with van der Waals surface area (Å²) in [4.78, 5) is 0. The maximum Gasteiger partial charge on any atom is 0.138 e. The molecular weight excluding hydrogens is 304 g/mol. The quantitative estimate of drug-likeness (QED) is 0.916. The highest BCUT2D eigenvalue weighted by atomic mass is 79.9. The molecule has 0 spiro atoms. The van der Waals surface area contributed by atoms with Crippen LogP contribution in [0.15, 0.2) is 27.2 Å². The van der Waals surface area contributed by atoms with Gasteiger partial charge in [0, 0.05) is 27.3 Å². The molecule has 0 unspecified atom stereocenters. The topological polar surface area (TPSA) is 38.1 Å². The number of rotatable bonds is 3. The minimum absolute atomic E-state index is 0.682. The first-order valence-electron chi connectivity index (χ1n) is 5.18. The van der Waals surface area contributed by atoms with E-state index >= 15 is 0 Å². The number of hydrogen-bond acceptors (Lipinski definition) is 3. The molecule has 17 heavy (non-hydrogen) atoms. The van der Waals surface area contributed by atoms with Gasteiger partial charge in [0.1, 0.15) is 5.76 Å². The molecule has 0 saturated carbocycles. The molecule has 0 aliphatic rings. The zero-order valence-electron chi connectivity index (χ0n) is 9.55. The fourth-order valence-electron chi connectivity index (χ4n) is 1.57. The van der Waals surface area contributed by atoms with Gasteiger partial charge in [0.05, 0.1) is 5.69 Å². The van der Waals surface area contributed by atoms with Gasteiger partial charge in [0.15, 0.2) is 0 Å². The average molecular weight is 316 g/mol. The number of benzene rings is 1. The Bertz CT molecular complexity index is 520. The van der Waals surface area contributed by atoms with E-state index < -0.39 is 0 Å². The molecule has 1 aromatic heterocycles. The summed E-state index contributed by atoms with van der Waals surface area (Å²) in [6.07, 6.45) is 0. The van der Waals surface area contributed by atoms with E-state index in [-0.39, 0.29) is 0 Å². The zero-order chi connectivity index (χ0) is 12.4. The van der Waals surface area contributed by atoms with Crippen molar-refractivity contribution in [2.75, 3.05) is 5.32 Å². The lowest BCUT2D eigenvalue weighted by Gasteiger charge is -2.08. The number of hydrogen-bond donors (Lipinski definition) is 1. The van der Waals surface area contributed by atoms with Crippen LogP contribution in [0.4, 0.5) is 5.69 Å². The molecule has 0 atom stereocenters. The van der Waals surface area contributed by atoms with Crippen molar-refractivity contribution in [2.45, 2.75) is 20.4 Å². The maximum absolute atomic E-state index is 5.88. The third kappa shape index (κ3) is 2.82. The molecule has 0 saturated heterocycles.